The van der Waals surface area contributed by atoms with E-state index in [0.29, 0.717) is 6.61 Å². The molecule has 0 aromatic heterocycles. The van der Waals surface area contributed by atoms with Gasteiger partial charge in [0.05, 0.1) is 0 Å². The second-order valence-corrected chi connectivity index (χ2v) is 3.30. The van der Waals surface area contributed by atoms with E-state index >= 15 is 0 Å². The van der Waals surface area contributed by atoms with Crippen LogP contribution in [0.3, 0.4) is 0 Å². The molecule has 1 aromatic carbocycles. The zero-order valence-electron chi connectivity index (χ0n) is 8.81. The van der Waals surface area contributed by atoms with Crippen molar-refractivity contribution in [3.63, 3.8) is 0 Å². The molecule has 1 heterocycles. The Balaban J connectivity index is 1.88. The first-order chi connectivity index (χ1) is 7.40. The van der Waals surface area contributed by atoms with E-state index in [0.717, 1.165) is 24.8 Å². The molecule has 0 fully saturated rings. The minimum Gasteiger partial charge on any atom is -0.486 e. The highest BCUT2D eigenvalue weighted by Crippen LogP contribution is 2.09. The lowest BCUT2D eigenvalue weighted by atomic mass is 10.3. The minimum absolute atomic E-state index is 0.519. The lowest BCUT2D eigenvalue weighted by Crippen LogP contribution is -2.32. The predicted molar refractivity (Wildman–Crippen MR) is 59.8 cm³/mol. The van der Waals surface area contributed by atoms with E-state index in [4.69, 9.17) is 4.74 Å². The Morgan fingerprint density at radius 3 is 2.93 bits per heavy atom. The molecule has 1 N–H and O–H groups in total. The number of hydrogen-bond acceptors (Lipinski definition) is 4. The molecule has 0 saturated heterocycles. The van der Waals surface area contributed by atoms with Crippen molar-refractivity contribution in [2.24, 2.45) is 5.10 Å². The van der Waals surface area contributed by atoms with Crippen LogP contribution in [0, 0.1) is 0 Å². The first-order valence-corrected chi connectivity index (χ1v) is 5.12. The summed E-state index contributed by atoms with van der Waals surface area (Å²) in [6.45, 7) is 4.35. The van der Waals surface area contributed by atoms with Crippen LogP contribution in [0.4, 0.5) is 0 Å². The lowest BCUT2D eigenvalue weighted by Gasteiger charge is -2.16. The lowest BCUT2D eigenvalue weighted by molar-refractivity contribution is 0.348. The second kappa shape index (κ2) is 4.68. The number of nitrogens with one attached hydrogen (secondary N) is 1. The maximum Gasteiger partial charge on any atom is 0.164 e. The Bertz CT molecular complexity index is 337. The largest absolute Gasteiger partial charge is 0.486 e. The molecule has 80 valence electrons. The number of para-hydroxylation sites is 1. The van der Waals surface area contributed by atoms with Crippen LogP contribution in [-0.2, 0) is 0 Å². The van der Waals surface area contributed by atoms with Crippen molar-refractivity contribution in [1.29, 1.82) is 0 Å². The van der Waals surface area contributed by atoms with Gasteiger partial charge in [0.2, 0.25) is 0 Å². The molecular formula is C11H15N3O. The summed E-state index contributed by atoms with van der Waals surface area (Å²) in [6.07, 6.45) is 0. The van der Waals surface area contributed by atoms with Crippen LogP contribution in [0.15, 0.2) is 35.4 Å². The van der Waals surface area contributed by atoms with Gasteiger partial charge >= 0.3 is 0 Å². The molecule has 0 unspecified atom stereocenters. The third kappa shape index (κ3) is 2.40. The first kappa shape index (κ1) is 9.83. The normalized spacial score (nSPS) is 14.7. The smallest absolute Gasteiger partial charge is 0.164 e. The molecule has 0 saturated carbocycles. The summed E-state index contributed by atoms with van der Waals surface area (Å²) in [5, 5.41) is 4.17. The summed E-state index contributed by atoms with van der Waals surface area (Å²) >= 11 is 0. The number of hydrogen-bond donors (Lipinski definition) is 1. The van der Waals surface area contributed by atoms with Crippen LogP contribution in [0.1, 0.15) is 6.92 Å². The predicted octanol–water partition coefficient (Wildman–Crippen LogP) is 1.26. The summed E-state index contributed by atoms with van der Waals surface area (Å²) in [5.74, 6) is 1.84. The van der Waals surface area contributed by atoms with Gasteiger partial charge in [0.25, 0.3) is 0 Å². The third-order valence-corrected chi connectivity index (χ3v) is 2.33. The quantitative estimate of drug-likeness (QED) is 0.804. The SMILES string of the molecule is CCN1CNN=C1COc1ccccc1. The molecule has 1 aliphatic heterocycles. The minimum atomic E-state index is 0.519. The fourth-order valence-electron chi connectivity index (χ4n) is 1.46. The summed E-state index contributed by atoms with van der Waals surface area (Å²) < 4.78 is 5.61. The summed E-state index contributed by atoms with van der Waals surface area (Å²) in [5.41, 5.74) is 2.94. The molecule has 0 amide bonds. The molecule has 15 heavy (non-hydrogen) atoms. The van der Waals surface area contributed by atoms with Gasteiger partial charge in [0.1, 0.15) is 19.0 Å². The molecule has 2 rings (SSSR count). The highest BCUT2D eigenvalue weighted by atomic mass is 16.5. The van der Waals surface area contributed by atoms with Crippen molar-refractivity contribution in [2.75, 3.05) is 19.8 Å². The van der Waals surface area contributed by atoms with Crippen LogP contribution >= 0.6 is 0 Å². The van der Waals surface area contributed by atoms with Crippen LogP contribution in [0.2, 0.25) is 0 Å². The standard InChI is InChI=1S/C11H15N3O/c1-2-14-9-12-13-11(14)8-15-10-6-4-3-5-7-10/h3-7,12H,2,8-9H2,1H3. The van der Waals surface area contributed by atoms with E-state index in [1.807, 2.05) is 30.3 Å². The van der Waals surface area contributed by atoms with Gasteiger partial charge in [0.15, 0.2) is 5.84 Å². The molecule has 4 heteroatoms. The average Bonchev–Trinajstić information content (AvgIpc) is 2.75. The fourth-order valence-corrected chi connectivity index (χ4v) is 1.46. The van der Waals surface area contributed by atoms with Crippen molar-refractivity contribution in [1.82, 2.24) is 10.3 Å². The average molecular weight is 205 g/mol. The molecule has 1 aliphatic rings. The van der Waals surface area contributed by atoms with Gasteiger partial charge in [-0.1, -0.05) is 18.2 Å². The van der Waals surface area contributed by atoms with E-state index in [1.54, 1.807) is 0 Å². The van der Waals surface area contributed by atoms with Gasteiger partial charge in [-0.3, -0.25) is 5.43 Å². The monoisotopic (exact) mass is 205 g/mol. The molecule has 0 radical (unpaired) electrons. The third-order valence-electron chi connectivity index (χ3n) is 2.33. The molecule has 0 spiro atoms. The van der Waals surface area contributed by atoms with Crippen LogP contribution in [0.5, 0.6) is 5.75 Å². The summed E-state index contributed by atoms with van der Waals surface area (Å²) in [6, 6.07) is 9.78. The van der Waals surface area contributed by atoms with E-state index in [9.17, 15) is 0 Å². The van der Waals surface area contributed by atoms with Crippen molar-refractivity contribution in [3.05, 3.63) is 30.3 Å². The topological polar surface area (TPSA) is 36.9 Å². The van der Waals surface area contributed by atoms with Gasteiger partial charge in [-0.25, -0.2) is 0 Å². The maximum absolute atomic E-state index is 5.61. The highest BCUT2D eigenvalue weighted by molar-refractivity contribution is 5.84. The molecule has 4 nitrogen and oxygen atoms in total. The van der Waals surface area contributed by atoms with E-state index in [-0.39, 0.29) is 0 Å². The summed E-state index contributed by atoms with van der Waals surface area (Å²) in [4.78, 5) is 2.14. The number of nitrogens with zero attached hydrogens (tertiary/aromatic N) is 2. The number of benzene rings is 1. The van der Waals surface area contributed by atoms with Gasteiger partial charge < -0.3 is 9.64 Å². The molecule has 0 bridgehead atoms. The molecule has 0 atom stereocenters. The first-order valence-electron chi connectivity index (χ1n) is 5.12. The Morgan fingerprint density at radius 1 is 1.40 bits per heavy atom. The van der Waals surface area contributed by atoms with Crippen LogP contribution in [-0.4, -0.2) is 30.6 Å². The van der Waals surface area contributed by atoms with E-state index in [2.05, 4.69) is 22.4 Å². The van der Waals surface area contributed by atoms with Crippen molar-refractivity contribution >= 4 is 5.84 Å². The number of hydrazone groups is 1. The zero-order valence-corrected chi connectivity index (χ0v) is 8.81. The van der Waals surface area contributed by atoms with Crippen molar-refractivity contribution in [2.45, 2.75) is 6.92 Å². The van der Waals surface area contributed by atoms with E-state index < -0.39 is 0 Å². The van der Waals surface area contributed by atoms with Gasteiger partial charge in [-0.2, -0.15) is 5.10 Å². The Labute approximate surface area is 89.5 Å². The van der Waals surface area contributed by atoms with Gasteiger partial charge in [0, 0.05) is 6.54 Å². The van der Waals surface area contributed by atoms with Crippen molar-refractivity contribution < 1.29 is 4.74 Å². The fraction of sp³-hybridized carbons (Fsp3) is 0.364. The Hall–Kier alpha value is -1.71. The highest BCUT2D eigenvalue weighted by Gasteiger charge is 2.14. The maximum atomic E-state index is 5.61. The molecular weight excluding hydrogens is 190 g/mol. The van der Waals surface area contributed by atoms with E-state index in [1.165, 1.54) is 0 Å². The number of amidine groups is 1. The van der Waals surface area contributed by atoms with Gasteiger partial charge in [-0.15, -0.1) is 0 Å². The number of likely N-dealkylation sites (N-methyl/N-ethyl adjacent to an activating group) is 1. The number of rotatable bonds is 4. The number of ether oxygens (including phenoxy) is 1. The second-order valence-electron chi connectivity index (χ2n) is 3.30. The Kier molecular flexibility index (Phi) is 3.07. The zero-order chi connectivity index (χ0) is 10.5. The van der Waals surface area contributed by atoms with Crippen molar-refractivity contribution in [3.8, 4) is 5.75 Å². The van der Waals surface area contributed by atoms with Crippen LogP contribution < -0.4 is 10.2 Å². The summed E-state index contributed by atoms with van der Waals surface area (Å²) in [7, 11) is 0. The Morgan fingerprint density at radius 2 is 2.20 bits per heavy atom. The molecule has 0 aliphatic carbocycles. The van der Waals surface area contributed by atoms with Crippen LogP contribution in [0.25, 0.3) is 0 Å². The van der Waals surface area contributed by atoms with Gasteiger partial charge in [-0.05, 0) is 19.1 Å². The molecule has 1 aromatic rings.